The average molecular weight is 415 g/mol. The van der Waals surface area contributed by atoms with Crippen molar-refractivity contribution in [3.8, 4) is 5.75 Å². The predicted molar refractivity (Wildman–Crippen MR) is 119 cm³/mol. The van der Waals surface area contributed by atoms with Crippen molar-refractivity contribution in [2.45, 2.75) is 45.3 Å². The average Bonchev–Trinajstić information content (AvgIpc) is 3.29. The maximum Gasteiger partial charge on any atom is 0.220 e. The molecule has 5 nitrogen and oxygen atoms in total. The molecular weight excluding hydrogens is 388 g/mol. The number of hydrogen-bond donors (Lipinski definition) is 1. The Morgan fingerprint density at radius 3 is 2.58 bits per heavy atom. The summed E-state index contributed by atoms with van der Waals surface area (Å²) in [5.41, 5.74) is 5.33. The highest BCUT2D eigenvalue weighted by molar-refractivity contribution is 5.98. The van der Waals surface area contributed by atoms with Crippen LogP contribution in [0.3, 0.4) is 0 Å². The summed E-state index contributed by atoms with van der Waals surface area (Å²) in [5.74, 6) is 0.672. The van der Waals surface area contributed by atoms with Gasteiger partial charge in [-0.15, -0.1) is 0 Å². The Bertz CT molecular complexity index is 1050. The second kappa shape index (κ2) is 10.0. The van der Waals surface area contributed by atoms with E-state index in [2.05, 4.69) is 16.4 Å². The van der Waals surface area contributed by atoms with Gasteiger partial charge in [-0.3, -0.25) is 14.6 Å². The van der Waals surface area contributed by atoms with Crippen molar-refractivity contribution in [1.29, 1.82) is 0 Å². The standard InChI is InChI=1S/C26H26N2O3/c29-25(23-9-8-21-4-1-5-22(21)15-23)12-13-26(30)28-17-19-6-10-24(11-7-19)31-18-20-3-2-14-27-16-20/h2-3,6-11,14-16H,1,4-5,12-13,17-18H2,(H,28,30). The maximum atomic E-state index is 12.4. The lowest BCUT2D eigenvalue weighted by molar-refractivity contribution is -0.121. The zero-order valence-electron chi connectivity index (χ0n) is 17.5. The van der Waals surface area contributed by atoms with E-state index in [1.54, 1.807) is 12.4 Å². The Kier molecular flexibility index (Phi) is 6.72. The van der Waals surface area contributed by atoms with Gasteiger partial charge in [0.2, 0.25) is 5.91 Å². The molecule has 1 amide bonds. The normalized spacial score (nSPS) is 12.3. The maximum absolute atomic E-state index is 12.4. The van der Waals surface area contributed by atoms with Crippen LogP contribution in [0.15, 0.2) is 67.0 Å². The molecule has 1 heterocycles. The van der Waals surface area contributed by atoms with Gasteiger partial charge in [0.05, 0.1) is 0 Å². The first-order valence-corrected chi connectivity index (χ1v) is 10.7. The van der Waals surface area contributed by atoms with Crippen molar-refractivity contribution in [3.63, 3.8) is 0 Å². The fraction of sp³-hybridized carbons (Fsp3) is 0.269. The molecule has 1 N–H and O–H groups in total. The summed E-state index contributed by atoms with van der Waals surface area (Å²) in [4.78, 5) is 28.7. The van der Waals surface area contributed by atoms with Gasteiger partial charge in [0.25, 0.3) is 0 Å². The number of amides is 1. The SMILES string of the molecule is O=C(CCC(=O)c1ccc2c(c1)CCC2)NCc1ccc(OCc2cccnc2)cc1. The molecule has 0 fully saturated rings. The minimum atomic E-state index is -0.119. The van der Waals surface area contributed by atoms with Crippen LogP contribution in [-0.4, -0.2) is 16.7 Å². The minimum Gasteiger partial charge on any atom is -0.489 e. The molecule has 1 aliphatic carbocycles. The van der Waals surface area contributed by atoms with Crippen LogP contribution in [0.25, 0.3) is 0 Å². The number of ether oxygens (including phenoxy) is 1. The van der Waals surface area contributed by atoms with Crippen LogP contribution in [0.2, 0.25) is 0 Å². The first-order chi connectivity index (χ1) is 15.2. The summed E-state index contributed by atoms with van der Waals surface area (Å²) in [6.07, 6.45) is 7.24. The van der Waals surface area contributed by atoms with Gasteiger partial charge in [0.15, 0.2) is 5.78 Å². The van der Waals surface area contributed by atoms with Gasteiger partial charge in [0.1, 0.15) is 12.4 Å². The van der Waals surface area contributed by atoms with E-state index in [0.717, 1.165) is 41.7 Å². The Hall–Kier alpha value is -3.47. The molecule has 1 aliphatic rings. The van der Waals surface area contributed by atoms with E-state index in [0.29, 0.717) is 13.2 Å². The number of rotatable bonds is 9. The number of Topliss-reactive ketones (excluding diaryl/α,β-unsaturated/α-hetero) is 1. The van der Waals surface area contributed by atoms with Crippen molar-refractivity contribution < 1.29 is 14.3 Å². The number of carbonyl (C=O) groups is 2. The third-order valence-corrected chi connectivity index (χ3v) is 5.54. The highest BCUT2D eigenvalue weighted by Crippen LogP contribution is 2.23. The van der Waals surface area contributed by atoms with Crippen LogP contribution in [-0.2, 0) is 30.8 Å². The third kappa shape index (κ3) is 5.79. The van der Waals surface area contributed by atoms with Crippen LogP contribution < -0.4 is 10.1 Å². The lowest BCUT2D eigenvalue weighted by Gasteiger charge is -2.08. The van der Waals surface area contributed by atoms with E-state index in [1.165, 1.54) is 11.1 Å². The van der Waals surface area contributed by atoms with Crippen LogP contribution in [0.1, 0.15) is 51.9 Å². The monoisotopic (exact) mass is 414 g/mol. The summed E-state index contributed by atoms with van der Waals surface area (Å²) >= 11 is 0. The first kappa shape index (κ1) is 20.8. The third-order valence-electron chi connectivity index (χ3n) is 5.54. The molecule has 0 radical (unpaired) electrons. The smallest absolute Gasteiger partial charge is 0.220 e. The van der Waals surface area contributed by atoms with E-state index in [-0.39, 0.29) is 24.5 Å². The Balaban J connectivity index is 1.19. The molecule has 0 saturated heterocycles. The molecule has 0 atom stereocenters. The van der Waals surface area contributed by atoms with Crippen molar-refractivity contribution >= 4 is 11.7 Å². The number of benzene rings is 2. The van der Waals surface area contributed by atoms with Crippen molar-refractivity contribution in [2.75, 3.05) is 0 Å². The van der Waals surface area contributed by atoms with Crippen LogP contribution in [0.5, 0.6) is 5.75 Å². The summed E-state index contributed by atoms with van der Waals surface area (Å²) < 4.78 is 5.74. The van der Waals surface area contributed by atoms with Crippen molar-refractivity contribution in [1.82, 2.24) is 10.3 Å². The van der Waals surface area contributed by atoms with Gasteiger partial charge >= 0.3 is 0 Å². The Morgan fingerprint density at radius 2 is 1.77 bits per heavy atom. The van der Waals surface area contributed by atoms with Crippen LogP contribution in [0.4, 0.5) is 0 Å². The Labute approximate surface area is 182 Å². The van der Waals surface area contributed by atoms with Crippen molar-refractivity contribution in [2.24, 2.45) is 0 Å². The molecular formula is C26H26N2O3. The molecule has 0 bridgehead atoms. The molecule has 158 valence electrons. The molecule has 5 heteroatoms. The number of nitrogens with zero attached hydrogens (tertiary/aromatic N) is 1. The fourth-order valence-electron chi connectivity index (χ4n) is 3.76. The molecule has 2 aromatic carbocycles. The van der Waals surface area contributed by atoms with Crippen LogP contribution in [0, 0.1) is 0 Å². The van der Waals surface area contributed by atoms with Crippen LogP contribution >= 0.6 is 0 Å². The molecule has 0 aliphatic heterocycles. The summed E-state index contributed by atoms with van der Waals surface area (Å²) in [5, 5.41) is 2.88. The number of hydrogen-bond acceptors (Lipinski definition) is 4. The summed E-state index contributed by atoms with van der Waals surface area (Å²) in [6.45, 7) is 0.886. The quantitative estimate of drug-likeness (QED) is 0.526. The fourth-order valence-corrected chi connectivity index (χ4v) is 3.76. The molecule has 0 unspecified atom stereocenters. The number of aryl methyl sites for hydroxylation is 2. The summed E-state index contributed by atoms with van der Waals surface area (Å²) in [7, 11) is 0. The number of ketones is 1. The second-order valence-electron chi connectivity index (χ2n) is 7.83. The van der Waals surface area contributed by atoms with E-state index in [4.69, 9.17) is 4.74 Å². The largest absolute Gasteiger partial charge is 0.489 e. The number of pyridine rings is 1. The summed E-state index contributed by atoms with van der Waals surface area (Å²) in [6, 6.07) is 17.4. The number of carbonyl (C=O) groups excluding carboxylic acids is 2. The van der Waals surface area contributed by atoms with E-state index in [1.807, 2.05) is 48.5 Å². The van der Waals surface area contributed by atoms with Crippen molar-refractivity contribution in [3.05, 3.63) is 94.8 Å². The van der Waals surface area contributed by atoms with Gasteiger partial charge < -0.3 is 10.1 Å². The van der Waals surface area contributed by atoms with Gasteiger partial charge in [0, 0.05) is 42.9 Å². The van der Waals surface area contributed by atoms with E-state index >= 15 is 0 Å². The lowest BCUT2D eigenvalue weighted by atomic mass is 10.0. The molecule has 1 aromatic heterocycles. The van der Waals surface area contributed by atoms with Gasteiger partial charge in [-0.1, -0.05) is 30.3 Å². The minimum absolute atomic E-state index is 0.0277. The second-order valence-corrected chi connectivity index (χ2v) is 7.83. The lowest BCUT2D eigenvalue weighted by Crippen LogP contribution is -2.23. The zero-order valence-corrected chi connectivity index (χ0v) is 17.5. The number of nitrogens with one attached hydrogen (secondary N) is 1. The Morgan fingerprint density at radius 1 is 0.935 bits per heavy atom. The topological polar surface area (TPSA) is 68.3 Å². The van der Waals surface area contributed by atoms with E-state index < -0.39 is 0 Å². The number of aromatic nitrogens is 1. The highest BCUT2D eigenvalue weighted by atomic mass is 16.5. The first-order valence-electron chi connectivity index (χ1n) is 10.7. The van der Waals surface area contributed by atoms with Gasteiger partial charge in [-0.25, -0.2) is 0 Å². The van der Waals surface area contributed by atoms with Gasteiger partial charge in [-0.2, -0.15) is 0 Å². The molecule has 31 heavy (non-hydrogen) atoms. The van der Waals surface area contributed by atoms with E-state index in [9.17, 15) is 9.59 Å². The molecule has 0 spiro atoms. The molecule has 3 aromatic rings. The molecule has 0 saturated carbocycles. The number of fused-ring (bicyclic) bond motifs is 1. The highest BCUT2D eigenvalue weighted by Gasteiger charge is 2.15. The van der Waals surface area contributed by atoms with Gasteiger partial charge in [-0.05, 0) is 60.2 Å². The zero-order chi connectivity index (χ0) is 21.5. The molecule has 4 rings (SSSR count). The predicted octanol–water partition coefficient (Wildman–Crippen LogP) is 4.43.